The molecule has 0 radical (unpaired) electrons. The number of carbonyl (C=O) groups is 2. The second-order valence-electron chi connectivity index (χ2n) is 10.3. The van der Waals surface area contributed by atoms with E-state index >= 15 is 0 Å². The lowest BCUT2D eigenvalue weighted by Crippen LogP contribution is -2.60. The van der Waals surface area contributed by atoms with Crippen LogP contribution in [0.5, 0.6) is 0 Å². The monoisotopic (exact) mass is 556 g/mol. The number of halogens is 1. The van der Waals surface area contributed by atoms with Crippen molar-refractivity contribution < 1.29 is 22.9 Å². The summed E-state index contributed by atoms with van der Waals surface area (Å²) in [6, 6.07) is 1.98. The van der Waals surface area contributed by atoms with E-state index in [-0.39, 0.29) is 33.7 Å². The fourth-order valence-electron chi connectivity index (χ4n) is 5.18. The first kappa shape index (κ1) is 29.3. The van der Waals surface area contributed by atoms with Crippen LogP contribution >= 0.6 is 11.6 Å². The molecule has 12 heteroatoms. The smallest absolute Gasteiger partial charge is 0.289 e. The highest BCUT2D eigenvalue weighted by Crippen LogP contribution is 2.30. The number of hydrogen-bond acceptors (Lipinski definition) is 6. The Labute approximate surface area is 223 Å². The maximum absolute atomic E-state index is 13.5. The molecule has 1 saturated heterocycles. The van der Waals surface area contributed by atoms with Gasteiger partial charge in [-0.05, 0) is 37.3 Å². The van der Waals surface area contributed by atoms with Crippen LogP contribution in [0, 0.1) is 22.0 Å². The SMILES string of the molecule is CCC(C)C(NS(=O)(=O)c1ccc(Cl)c([N+](=O)[O-])c1)C(=O)N1CCN(C(=O)CCC2CCCC2)C(C)C1. The summed E-state index contributed by atoms with van der Waals surface area (Å²) < 4.78 is 28.7. The van der Waals surface area contributed by atoms with Gasteiger partial charge in [-0.25, -0.2) is 8.42 Å². The molecule has 3 rings (SSSR count). The van der Waals surface area contributed by atoms with Crippen LogP contribution in [0.25, 0.3) is 0 Å². The molecule has 1 aromatic rings. The number of amides is 2. The van der Waals surface area contributed by atoms with Crippen molar-refractivity contribution in [3.8, 4) is 0 Å². The second-order valence-corrected chi connectivity index (χ2v) is 12.4. The molecule has 1 saturated carbocycles. The third-order valence-electron chi connectivity index (χ3n) is 7.69. The zero-order valence-electron chi connectivity index (χ0n) is 21.7. The summed E-state index contributed by atoms with van der Waals surface area (Å²) in [4.78, 5) is 39.9. The molecule has 1 N–H and O–H groups in total. The maximum Gasteiger partial charge on any atom is 0.289 e. The maximum atomic E-state index is 13.5. The van der Waals surface area contributed by atoms with Crippen LogP contribution < -0.4 is 4.72 Å². The number of nitrogens with one attached hydrogen (secondary N) is 1. The van der Waals surface area contributed by atoms with Crippen molar-refractivity contribution in [3.63, 3.8) is 0 Å². The van der Waals surface area contributed by atoms with E-state index in [0.29, 0.717) is 38.4 Å². The van der Waals surface area contributed by atoms with Gasteiger partial charge in [-0.1, -0.05) is 57.6 Å². The molecule has 1 aromatic carbocycles. The average molecular weight is 557 g/mol. The van der Waals surface area contributed by atoms with Crippen LogP contribution in [0.3, 0.4) is 0 Å². The Morgan fingerprint density at radius 3 is 2.51 bits per heavy atom. The summed E-state index contributed by atoms with van der Waals surface area (Å²) in [7, 11) is -4.25. The first-order valence-corrected chi connectivity index (χ1v) is 14.8. The molecule has 3 atom stereocenters. The summed E-state index contributed by atoms with van der Waals surface area (Å²) in [5.41, 5.74) is -0.529. The highest BCUT2D eigenvalue weighted by atomic mass is 35.5. The lowest BCUT2D eigenvalue weighted by molar-refractivity contribution is -0.384. The number of sulfonamides is 1. The van der Waals surface area contributed by atoms with Crippen molar-refractivity contribution in [2.24, 2.45) is 11.8 Å². The Morgan fingerprint density at radius 2 is 1.92 bits per heavy atom. The van der Waals surface area contributed by atoms with Gasteiger partial charge in [-0.2, -0.15) is 4.72 Å². The van der Waals surface area contributed by atoms with Crippen molar-refractivity contribution in [3.05, 3.63) is 33.3 Å². The largest absolute Gasteiger partial charge is 0.337 e. The average Bonchev–Trinajstić information content (AvgIpc) is 3.38. The van der Waals surface area contributed by atoms with E-state index in [1.807, 2.05) is 18.7 Å². The van der Waals surface area contributed by atoms with Crippen LogP contribution in [-0.4, -0.2) is 66.7 Å². The number of nitrogens with zero attached hydrogens (tertiary/aromatic N) is 3. The van der Waals surface area contributed by atoms with Crippen molar-refractivity contribution in [1.29, 1.82) is 0 Å². The Hall–Kier alpha value is -2.24. The number of nitro groups is 1. The molecule has 1 aliphatic heterocycles. The molecule has 0 bridgehead atoms. The Bertz CT molecular complexity index is 1110. The molecule has 2 fully saturated rings. The van der Waals surface area contributed by atoms with Crippen LogP contribution in [0.1, 0.15) is 65.7 Å². The van der Waals surface area contributed by atoms with E-state index in [9.17, 15) is 28.1 Å². The molecule has 37 heavy (non-hydrogen) atoms. The summed E-state index contributed by atoms with van der Waals surface area (Å²) in [5.74, 6) is 0.0424. The topological polar surface area (TPSA) is 130 Å². The molecule has 3 unspecified atom stereocenters. The molecule has 206 valence electrons. The zero-order valence-corrected chi connectivity index (χ0v) is 23.3. The molecular weight excluding hydrogens is 520 g/mol. The van der Waals surface area contributed by atoms with E-state index in [2.05, 4.69) is 4.72 Å². The predicted molar refractivity (Wildman–Crippen MR) is 141 cm³/mol. The third-order valence-corrected chi connectivity index (χ3v) is 9.44. The number of nitro benzene ring substituents is 1. The Balaban J connectivity index is 1.69. The van der Waals surface area contributed by atoms with Gasteiger partial charge in [0.25, 0.3) is 5.69 Å². The van der Waals surface area contributed by atoms with Gasteiger partial charge in [0.15, 0.2) is 0 Å². The lowest BCUT2D eigenvalue weighted by Gasteiger charge is -2.41. The van der Waals surface area contributed by atoms with E-state index in [4.69, 9.17) is 11.6 Å². The van der Waals surface area contributed by atoms with E-state index in [1.54, 1.807) is 11.8 Å². The van der Waals surface area contributed by atoms with E-state index < -0.39 is 26.7 Å². The van der Waals surface area contributed by atoms with Crippen molar-refractivity contribution in [1.82, 2.24) is 14.5 Å². The number of benzene rings is 1. The van der Waals surface area contributed by atoms with Gasteiger partial charge in [0.2, 0.25) is 21.8 Å². The van der Waals surface area contributed by atoms with Crippen LogP contribution in [0.4, 0.5) is 5.69 Å². The fourth-order valence-corrected chi connectivity index (χ4v) is 6.68. The molecule has 10 nitrogen and oxygen atoms in total. The first-order valence-electron chi connectivity index (χ1n) is 13.0. The van der Waals surface area contributed by atoms with Crippen LogP contribution in [0.2, 0.25) is 5.02 Å². The van der Waals surface area contributed by atoms with E-state index in [0.717, 1.165) is 18.6 Å². The van der Waals surface area contributed by atoms with Gasteiger partial charge in [-0.3, -0.25) is 19.7 Å². The summed E-state index contributed by atoms with van der Waals surface area (Å²) in [6.45, 7) is 6.58. The Kier molecular flexibility index (Phi) is 9.93. The number of carbonyl (C=O) groups excluding carboxylic acids is 2. The van der Waals surface area contributed by atoms with Crippen molar-refractivity contribution >= 4 is 39.1 Å². The summed E-state index contributed by atoms with van der Waals surface area (Å²) in [5, 5.41) is 11.0. The first-order chi connectivity index (χ1) is 17.4. The highest BCUT2D eigenvalue weighted by Gasteiger charge is 2.37. The molecule has 2 aliphatic rings. The minimum atomic E-state index is -4.25. The van der Waals surface area contributed by atoms with Gasteiger partial charge in [-0.15, -0.1) is 0 Å². The number of rotatable bonds is 10. The van der Waals surface area contributed by atoms with E-state index in [1.165, 1.54) is 31.7 Å². The molecule has 0 spiro atoms. The minimum absolute atomic E-state index is 0.106. The van der Waals surface area contributed by atoms with Crippen molar-refractivity contribution in [2.45, 2.75) is 82.7 Å². The lowest BCUT2D eigenvalue weighted by atomic mass is 9.98. The predicted octanol–water partition coefficient (Wildman–Crippen LogP) is 3.97. The standard InChI is InChI=1S/C25H37ClN4O6S/c1-4-17(2)24(27-37(35,36)20-10-11-21(26)22(15-20)30(33)34)25(32)28-13-14-29(18(3)16-28)23(31)12-9-19-7-5-6-8-19/h10-11,15,17-19,24,27H,4-9,12-14,16H2,1-3H3. The summed E-state index contributed by atoms with van der Waals surface area (Å²) in [6.07, 6.45) is 6.84. The fraction of sp³-hybridized carbons (Fsp3) is 0.680. The van der Waals surface area contributed by atoms with Gasteiger partial charge in [0, 0.05) is 38.2 Å². The van der Waals surface area contributed by atoms with Crippen LogP contribution in [-0.2, 0) is 19.6 Å². The Morgan fingerprint density at radius 1 is 1.24 bits per heavy atom. The molecule has 0 aromatic heterocycles. The van der Waals surface area contributed by atoms with Gasteiger partial charge < -0.3 is 9.80 Å². The quantitative estimate of drug-likeness (QED) is 0.343. The molecule has 1 heterocycles. The number of hydrogen-bond donors (Lipinski definition) is 1. The van der Waals surface area contributed by atoms with Gasteiger partial charge in [0.1, 0.15) is 11.1 Å². The van der Waals surface area contributed by atoms with Gasteiger partial charge >= 0.3 is 0 Å². The highest BCUT2D eigenvalue weighted by molar-refractivity contribution is 7.89. The molecular formula is C25H37ClN4O6S. The molecule has 1 aliphatic carbocycles. The second kappa shape index (κ2) is 12.5. The third kappa shape index (κ3) is 7.20. The number of piperazine rings is 1. The zero-order chi connectivity index (χ0) is 27.3. The van der Waals surface area contributed by atoms with Crippen LogP contribution in [0.15, 0.2) is 23.1 Å². The minimum Gasteiger partial charge on any atom is -0.337 e. The van der Waals surface area contributed by atoms with Gasteiger partial charge in [0.05, 0.1) is 9.82 Å². The summed E-state index contributed by atoms with van der Waals surface area (Å²) >= 11 is 5.83. The normalized spacial score (nSPS) is 20.6. The molecule has 2 amide bonds. The van der Waals surface area contributed by atoms with Crippen molar-refractivity contribution in [2.75, 3.05) is 19.6 Å².